The van der Waals surface area contributed by atoms with Crippen molar-refractivity contribution in [1.29, 1.82) is 0 Å². The van der Waals surface area contributed by atoms with E-state index in [-0.39, 0.29) is 0 Å². The number of hydrogen-bond acceptors (Lipinski definition) is 3. The molecule has 4 rings (SSSR count). The van der Waals surface area contributed by atoms with Gasteiger partial charge in [0, 0.05) is 19.2 Å². The minimum atomic E-state index is -0.590. The lowest BCUT2D eigenvalue weighted by molar-refractivity contribution is 0.0528. The average Bonchev–Trinajstić information content (AvgIpc) is 3.30. The molecule has 0 aliphatic heterocycles. The van der Waals surface area contributed by atoms with Gasteiger partial charge in [-0.05, 0) is 37.5 Å². The Morgan fingerprint density at radius 2 is 1.29 bits per heavy atom. The Kier molecular flexibility index (Phi) is 6.82. The molecule has 1 aromatic heterocycles. The largest absolute Gasteiger partial charge is 0.444 e. The predicted molar refractivity (Wildman–Crippen MR) is 135 cm³/mol. The number of nitrogens with one attached hydrogen (secondary N) is 1. The molecule has 0 fully saturated rings. The Balaban J connectivity index is 1.72. The molecule has 0 bridgehead atoms. The first-order valence-corrected chi connectivity index (χ1v) is 11.6. The monoisotopic (exact) mass is 453 g/mol. The molecular weight excluding hydrogens is 422 g/mol. The van der Waals surface area contributed by atoms with Crippen LogP contribution in [0.25, 0.3) is 0 Å². The van der Waals surface area contributed by atoms with E-state index in [0.717, 1.165) is 22.4 Å². The Labute approximate surface area is 201 Å². The maximum absolute atomic E-state index is 12.0. The summed E-state index contributed by atoms with van der Waals surface area (Å²) in [6.45, 7) is 6.00. The number of benzene rings is 3. The third kappa shape index (κ3) is 5.04. The lowest BCUT2D eigenvalue weighted by atomic mass is 9.77. The van der Waals surface area contributed by atoms with Crippen molar-refractivity contribution >= 4 is 6.09 Å². The average molecular weight is 454 g/mol. The zero-order chi connectivity index (χ0) is 24.0. The molecule has 34 heavy (non-hydrogen) atoms. The Bertz CT molecular complexity index is 1100. The van der Waals surface area contributed by atoms with Gasteiger partial charge in [-0.3, -0.25) is 0 Å². The lowest BCUT2D eigenvalue weighted by Crippen LogP contribution is -2.37. The summed E-state index contributed by atoms with van der Waals surface area (Å²) in [5, 5.41) is 2.82. The van der Waals surface area contributed by atoms with Crippen molar-refractivity contribution in [3.8, 4) is 0 Å². The van der Waals surface area contributed by atoms with Crippen molar-refractivity contribution in [2.75, 3.05) is 6.54 Å². The van der Waals surface area contributed by atoms with E-state index in [1.165, 1.54) is 0 Å². The van der Waals surface area contributed by atoms with Gasteiger partial charge in [0.1, 0.15) is 11.1 Å². The summed E-state index contributed by atoms with van der Waals surface area (Å²) in [6.07, 6.45) is 4.14. The van der Waals surface area contributed by atoms with E-state index in [9.17, 15) is 4.79 Å². The first-order valence-electron chi connectivity index (χ1n) is 11.6. The maximum atomic E-state index is 12.0. The van der Waals surface area contributed by atoms with Gasteiger partial charge in [-0.15, -0.1) is 0 Å². The van der Waals surface area contributed by atoms with Gasteiger partial charge in [0.05, 0.1) is 12.0 Å². The molecular formula is C29H31N3O2. The molecule has 1 amide bonds. The molecule has 0 radical (unpaired) electrons. The van der Waals surface area contributed by atoms with Crippen LogP contribution in [0.15, 0.2) is 104 Å². The van der Waals surface area contributed by atoms with Crippen LogP contribution in [-0.2, 0) is 16.7 Å². The number of nitrogens with zero attached hydrogens (tertiary/aromatic N) is 2. The molecule has 5 nitrogen and oxygen atoms in total. The Morgan fingerprint density at radius 3 is 1.74 bits per heavy atom. The van der Waals surface area contributed by atoms with Crippen LogP contribution >= 0.6 is 0 Å². The van der Waals surface area contributed by atoms with Crippen LogP contribution in [0.3, 0.4) is 0 Å². The molecule has 0 unspecified atom stereocenters. The standard InChI is InChI=1S/C29H31N3O2/c1-28(2,3)34-27(33)30-20-19-26-21-32(22-31-26)29(23-13-7-4-8-14-23,24-15-9-5-10-16-24)25-17-11-6-12-18-25/h4-18,21-22H,19-20H2,1-3H3,(H,30,33). The van der Waals surface area contributed by atoms with Crippen LogP contribution in [0.5, 0.6) is 0 Å². The smallest absolute Gasteiger partial charge is 0.407 e. The van der Waals surface area contributed by atoms with E-state index >= 15 is 0 Å². The Morgan fingerprint density at radius 1 is 0.824 bits per heavy atom. The van der Waals surface area contributed by atoms with Crippen LogP contribution < -0.4 is 5.32 Å². The zero-order valence-electron chi connectivity index (χ0n) is 19.9. The van der Waals surface area contributed by atoms with Gasteiger partial charge in [-0.1, -0.05) is 91.0 Å². The van der Waals surface area contributed by atoms with E-state index in [2.05, 4.69) is 88.9 Å². The summed E-state index contributed by atoms with van der Waals surface area (Å²) in [5.41, 5.74) is 3.21. The quantitative estimate of drug-likeness (QED) is 0.360. The highest BCUT2D eigenvalue weighted by atomic mass is 16.6. The third-order valence-corrected chi connectivity index (χ3v) is 5.65. The number of carbonyl (C=O) groups is 1. The van der Waals surface area contributed by atoms with Gasteiger partial charge < -0.3 is 14.6 Å². The van der Waals surface area contributed by atoms with Gasteiger partial charge >= 0.3 is 6.09 Å². The van der Waals surface area contributed by atoms with Crippen LogP contribution in [-0.4, -0.2) is 27.8 Å². The van der Waals surface area contributed by atoms with Crippen molar-refractivity contribution in [3.05, 3.63) is 126 Å². The molecule has 1 heterocycles. The van der Waals surface area contributed by atoms with Crippen LogP contribution in [0.2, 0.25) is 0 Å². The van der Waals surface area contributed by atoms with E-state index in [1.54, 1.807) is 0 Å². The fraction of sp³-hybridized carbons (Fsp3) is 0.241. The normalized spacial score (nSPS) is 11.7. The number of imidazole rings is 1. The maximum Gasteiger partial charge on any atom is 0.407 e. The van der Waals surface area contributed by atoms with Gasteiger partial charge in [-0.25, -0.2) is 9.78 Å². The second kappa shape index (κ2) is 9.96. The third-order valence-electron chi connectivity index (χ3n) is 5.65. The topological polar surface area (TPSA) is 56.1 Å². The number of amides is 1. The fourth-order valence-electron chi connectivity index (χ4n) is 4.27. The van der Waals surface area contributed by atoms with E-state index < -0.39 is 17.2 Å². The van der Waals surface area contributed by atoms with Gasteiger partial charge in [0.25, 0.3) is 0 Å². The summed E-state index contributed by atoms with van der Waals surface area (Å²) >= 11 is 0. The van der Waals surface area contributed by atoms with Crippen LogP contribution in [0.4, 0.5) is 4.79 Å². The molecule has 0 atom stereocenters. The SMILES string of the molecule is CC(C)(C)OC(=O)NCCc1cn(C(c2ccccc2)(c2ccccc2)c2ccccc2)cn1. The summed E-state index contributed by atoms with van der Waals surface area (Å²) in [5.74, 6) is 0. The van der Waals surface area contributed by atoms with Gasteiger partial charge in [0.2, 0.25) is 0 Å². The highest BCUT2D eigenvalue weighted by Crippen LogP contribution is 2.40. The molecule has 174 valence electrons. The number of alkyl carbamates (subject to hydrolysis) is 1. The minimum Gasteiger partial charge on any atom is -0.444 e. The van der Waals surface area contributed by atoms with Crippen LogP contribution in [0.1, 0.15) is 43.2 Å². The summed E-state index contributed by atoms with van der Waals surface area (Å²) in [7, 11) is 0. The molecule has 0 aliphatic rings. The number of aromatic nitrogens is 2. The van der Waals surface area contributed by atoms with Crippen molar-refractivity contribution in [2.24, 2.45) is 0 Å². The second-order valence-electron chi connectivity index (χ2n) is 9.26. The predicted octanol–water partition coefficient (Wildman–Crippen LogP) is 5.79. The molecule has 0 saturated carbocycles. The summed E-state index contributed by atoms with van der Waals surface area (Å²) < 4.78 is 7.51. The highest BCUT2D eigenvalue weighted by molar-refractivity contribution is 5.67. The first kappa shape index (κ1) is 23.3. The molecule has 1 N–H and O–H groups in total. The van der Waals surface area contributed by atoms with Crippen LogP contribution in [0, 0.1) is 0 Å². The number of carbonyl (C=O) groups excluding carboxylic acids is 1. The molecule has 0 saturated heterocycles. The number of rotatable bonds is 7. The van der Waals surface area contributed by atoms with Gasteiger partial charge in [-0.2, -0.15) is 0 Å². The van der Waals surface area contributed by atoms with E-state index in [4.69, 9.17) is 9.72 Å². The van der Waals surface area contributed by atoms with Crippen molar-refractivity contribution in [1.82, 2.24) is 14.9 Å². The minimum absolute atomic E-state index is 0.417. The van der Waals surface area contributed by atoms with Crippen molar-refractivity contribution < 1.29 is 9.53 Å². The molecule has 0 spiro atoms. The van der Waals surface area contributed by atoms with E-state index in [1.807, 2.05) is 45.3 Å². The Hall–Kier alpha value is -3.86. The molecule has 4 aromatic rings. The molecule has 3 aromatic carbocycles. The second-order valence-corrected chi connectivity index (χ2v) is 9.26. The van der Waals surface area contributed by atoms with E-state index in [0.29, 0.717) is 13.0 Å². The lowest BCUT2D eigenvalue weighted by Gasteiger charge is -2.37. The number of hydrogen-bond donors (Lipinski definition) is 1. The number of ether oxygens (including phenoxy) is 1. The van der Waals surface area contributed by atoms with Crippen molar-refractivity contribution in [2.45, 2.75) is 38.3 Å². The summed E-state index contributed by atoms with van der Waals surface area (Å²) in [6, 6.07) is 31.4. The fourth-order valence-corrected chi connectivity index (χ4v) is 4.27. The highest BCUT2D eigenvalue weighted by Gasteiger charge is 2.38. The van der Waals surface area contributed by atoms with Gasteiger partial charge in [0.15, 0.2) is 0 Å². The summed E-state index contributed by atoms with van der Waals surface area (Å²) in [4.78, 5) is 16.7. The first-order chi connectivity index (χ1) is 16.4. The molecule has 5 heteroatoms. The molecule has 0 aliphatic carbocycles. The van der Waals surface area contributed by atoms with Crippen molar-refractivity contribution in [3.63, 3.8) is 0 Å². The zero-order valence-corrected chi connectivity index (χ0v) is 19.9.